The molecule has 1 aromatic carbocycles. The van der Waals surface area contributed by atoms with Crippen LogP contribution in [0.25, 0.3) is 0 Å². The van der Waals surface area contributed by atoms with Crippen LogP contribution in [-0.4, -0.2) is 54.4 Å². The lowest BCUT2D eigenvalue weighted by molar-refractivity contribution is -0.144. The van der Waals surface area contributed by atoms with Gasteiger partial charge in [-0.05, 0) is 5.56 Å². The molecule has 0 radical (unpaired) electrons. The van der Waals surface area contributed by atoms with Gasteiger partial charge >= 0.3 is 0 Å². The van der Waals surface area contributed by atoms with Gasteiger partial charge in [0, 0.05) is 21.1 Å². The third-order valence-electron chi connectivity index (χ3n) is 2.60. The molecule has 5 nitrogen and oxygen atoms in total. The van der Waals surface area contributed by atoms with E-state index in [-0.39, 0.29) is 12.5 Å². The highest BCUT2D eigenvalue weighted by atomic mass is 16.3. The number of benzene rings is 1. The first-order chi connectivity index (χ1) is 8.43. The number of amides is 2. The van der Waals surface area contributed by atoms with E-state index in [1.807, 2.05) is 0 Å². The summed E-state index contributed by atoms with van der Waals surface area (Å²) in [5, 5.41) is 9.89. The fraction of sp³-hybridized carbons (Fsp3) is 0.385. The zero-order valence-electron chi connectivity index (χ0n) is 10.8. The largest absolute Gasteiger partial charge is 0.378 e. The van der Waals surface area contributed by atoms with Gasteiger partial charge in [-0.2, -0.15) is 0 Å². The second-order valence-corrected chi connectivity index (χ2v) is 4.30. The second-order valence-electron chi connectivity index (χ2n) is 4.30. The van der Waals surface area contributed by atoms with E-state index in [4.69, 9.17) is 0 Å². The summed E-state index contributed by atoms with van der Waals surface area (Å²) in [7, 11) is 4.73. The molecule has 0 spiro atoms. The van der Waals surface area contributed by atoms with Gasteiger partial charge in [-0.1, -0.05) is 30.3 Å². The van der Waals surface area contributed by atoms with E-state index in [0.717, 1.165) is 0 Å². The number of hydrogen-bond acceptors (Lipinski definition) is 3. The van der Waals surface area contributed by atoms with Gasteiger partial charge in [-0.25, -0.2) is 0 Å². The summed E-state index contributed by atoms with van der Waals surface area (Å²) in [5.74, 6) is -0.678. The third kappa shape index (κ3) is 3.56. The van der Waals surface area contributed by atoms with Crippen molar-refractivity contribution in [3.8, 4) is 0 Å². The number of carbonyl (C=O) groups excluding carboxylic acids is 2. The van der Waals surface area contributed by atoms with Crippen molar-refractivity contribution in [1.29, 1.82) is 0 Å². The van der Waals surface area contributed by atoms with Gasteiger partial charge in [-0.15, -0.1) is 0 Å². The van der Waals surface area contributed by atoms with Gasteiger partial charge in [0.1, 0.15) is 0 Å². The minimum atomic E-state index is -1.23. The number of aliphatic hydroxyl groups excluding tert-OH is 1. The second kappa shape index (κ2) is 6.16. The molecular formula is C13H18N2O3. The molecule has 98 valence electrons. The zero-order chi connectivity index (χ0) is 13.7. The summed E-state index contributed by atoms with van der Waals surface area (Å²) in [6, 6.07) is 8.64. The topological polar surface area (TPSA) is 60.9 Å². The molecule has 1 aromatic rings. The van der Waals surface area contributed by atoms with Crippen LogP contribution in [0.2, 0.25) is 0 Å². The average molecular weight is 250 g/mol. The van der Waals surface area contributed by atoms with Gasteiger partial charge in [0.2, 0.25) is 5.91 Å². The van der Waals surface area contributed by atoms with Gasteiger partial charge in [0.05, 0.1) is 6.54 Å². The molecule has 0 heterocycles. The Hall–Kier alpha value is -1.88. The highest BCUT2D eigenvalue weighted by molar-refractivity contribution is 5.87. The average Bonchev–Trinajstić information content (AvgIpc) is 2.37. The van der Waals surface area contributed by atoms with Crippen molar-refractivity contribution in [1.82, 2.24) is 9.80 Å². The molecule has 1 unspecified atom stereocenters. The Kier molecular flexibility index (Phi) is 4.85. The van der Waals surface area contributed by atoms with Crippen LogP contribution in [0.3, 0.4) is 0 Å². The van der Waals surface area contributed by atoms with Crippen LogP contribution in [0.15, 0.2) is 30.3 Å². The van der Waals surface area contributed by atoms with E-state index in [1.54, 1.807) is 44.4 Å². The van der Waals surface area contributed by atoms with Crippen LogP contribution < -0.4 is 0 Å². The van der Waals surface area contributed by atoms with Crippen molar-refractivity contribution >= 4 is 11.8 Å². The van der Waals surface area contributed by atoms with Crippen molar-refractivity contribution in [2.24, 2.45) is 0 Å². The Bertz CT molecular complexity index is 418. The predicted molar refractivity (Wildman–Crippen MR) is 67.7 cm³/mol. The van der Waals surface area contributed by atoms with E-state index in [9.17, 15) is 14.7 Å². The van der Waals surface area contributed by atoms with Crippen LogP contribution in [0, 0.1) is 0 Å². The van der Waals surface area contributed by atoms with Gasteiger partial charge in [0.15, 0.2) is 6.10 Å². The summed E-state index contributed by atoms with van der Waals surface area (Å²) in [6.45, 7) is -0.0459. The molecule has 18 heavy (non-hydrogen) atoms. The van der Waals surface area contributed by atoms with Crippen LogP contribution in [0.4, 0.5) is 0 Å². The molecule has 0 fully saturated rings. The number of rotatable bonds is 4. The molecule has 2 amide bonds. The van der Waals surface area contributed by atoms with Crippen LogP contribution in [0.1, 0.15) is 11.7 Å². The smallest absolute Gasteiger partial charge is 0.256 e. The molecule has 1 rings (SSSR count). The SMILES string of the molecule is CN(C)C(=O)CN(C)C(=O)C(O)c1ccccc1. The van der Waals surface area contributed by atoms with Crippen LogP contribution in [0.5, 0.6) is 0 Å². The quantitative estimate of drug-likeness (QED) is 0.834. The van der Waals surface area contributed by atoms with Crippen molar-refractivity contribution in [3.05, 3.63) is 35.9 Å². The fourth-order valence-corrected chi connectivity index (χ4v) is 1.41. The maximum absolute atomic E-state index is 11.9. The van der Waals surface area contributed by atoms with E-state index >= 15 is 0 Å². The van der Waals surface area contributed by atoms with E-state index in [2.05, 4.69) is 0 Å². The van der Waals surface area contributed by atoms with Gasteiger partial charge < -0.3 is 14.9 Å². The van der Waals surface area contributed by atoms with Crippen molar-refractivity contribution in [2.45, 2.75) is 6.10 Å². The lowest BCUT2D eigenvalue weighted by Crippen LogP contribution is -2.39. The minimum absolute atomic E-state index is 0.0459. The number of hydrogen-bond donors (Lipinski definition) is 1. The Morgan fingerprint density at radius 2 is 1.72 bits per heavy atom. The van der Waals surface area contributed by atoms with Gasteiger partial charge in [-0.3, -0.25) is 9.59 Å². The van der Waals surface area contributed by atoms with Crippen molar-refractivity contribution in [3.63, 3.8) is 0 Å². The molecule has 1 atom stereocenters. The standard InChI is InChI=1S/C13H18N2O3/c1-14(2)11(16)9-15(3)13(18)12(17)10-7-5-4-6-8-10/h4-8,12,17H,9H2,1-3H3. The zero-order valence-corrected chi connectivity index (χ0v) is 10.8. The predicted octanol–water partition coefficient (Wildman–Crippen LogP) is 0.267. The van der Waals surface area contributed by atoms with Crippen LogP contribution in [-0.2, 0) is 9.59 Å². The number of aliphatic hydroxyl groups is 1. The third-order valence-corrected chi connectivity index (χ3v) is 2.60. The van der Waals surface area contributed by atoms with Crippen LogP contribution >= 0.6 is 0 Å². The number of carbonyl (C=O) groups is 2. The monoisotopic (exact) mass is 250 g/mol. The number of nitrogens with zero attached hydrogens (tertiary/aromatic N) is 2. The Morgan fingerprint density at radius 1 is 1.17 bits per heavy atom. The normalized spacial score (nSPS) is 11.8. The molecule has 0 aliphatic rings. The highest BCUT2D eigenvalue weighted by Crippen LogP contribution is 2.14. The van der Waals surface area contributed by atoms with E-state index < -0.39 is 12.0 Å². The first kappa shape index (κ1) is 14.2. The molecule has 0 saturated carbocycles. The molecule has 0 bridgehead atoms. The molecular weight excluding hydrogens is 232 g/mol. The molecule has 5 heteroatoms. The van der Waals surface area contributed by atoms with Crippen molar-refractivity contribution in [2.75, 3.05) is 27.7 Å². The first-order valence-electron chi connectivity index (χ1n) is 5.61. The van der Waals surface area contributed by atoms with Gasteiger partial charge in [0.25, 0.3) is 5.91 Å². The summed E-state index contributed by atoms with van der Waals surface area (Å²) in [5.41, 5.74) is 0.520. The minimum Gasteiger partial charge on any atom is -0.378 e. The Labute approximate surface area is 107 Å². The molecule has 0 aliphatic carbocycles. The van der Waals surface area contributed by atoms with E-state index in [0.29, 0.717) is 5.56 Å². The molecule has 0 aromatic heterocycles. The maximum atomic E-state index is 11.9. The molecule has 0 aliphatic heterocycles. The first-order valence-corrected chi connectivity index (χ1v) is 5.61. The summed E-state index contributed by atoms with van der Waals surface area (Å²) in [6.07, 6.45) is -1.23. The summed E-state index contributed by atoms with van der Waals surface area (Å²) in [4.78, 5) is 26.0. The summed E-state index contributed by atoms with van der Waals surface area (Å²) < 4.78 is 0. The lowest BCUT2D eigenvalue weighted by atomic mass is 10.1. The highest BCUT2D eigenvalue weighted by Gasteiger charge is 2.22. The van der Waals surface area contributed by atoms with E-state index in [1.165, 1.54) is 16.8 Å². The summed E-state index contributed by atoms with van der Waals surface area (Å²) >= 11 is 0. The maximum Gasteiger partial charge on any atom is 0.256 e. The Balaban J connectivity index is 2.67. The Morgan fingerprint density at radius 3 is 2.22 bits per heavy atom. The molecule has 0 saturated heterocycles. The fourth-order valence-electron chi connectivity index (χ4n) is 1.41. The van der Waals surface area contributed by atoms with Crippen molar-refractivity contribution < 1.29 is 14.7 Å². The lowest BCUT2D eigenvalue weighted by Gasteiger charge is -2.22. The molecule has 1 N–H and O–H groups in total. The number of likely N-dealkylation sites (N-methyl/N-ethyl adjacent to an activating group) is 2.